The standard InChI is InChI=1S/C12H14F3NO4/c1-2-18-11(17)9-7-8(16)3-4-10(9)19-5-6-20-12(13,14)15/h3-4,7H,2,5-6,16H2,1H3. The fourth-order valence-electron chi connectivity index (χ4n) is 1.35. The van der Waals surface area contributed by atoms with Crippen molar-refractivity contribution in [2.24, 2.45) is 0 Å². The molecule has 0 bridgehead atoms. The molecule has 112 valence electrons. The van der Waals surface area contributed by atoms with Gasteiger partial charge in [-0.15, -0.1) is 13.2 Å². The number of rotatable bonds is 6. The van der Waals surface area contributed by atoms with E-state index in [1.54, 1.807) is 6.92 Å². The first-order valence-corrected chi connectivity index (χ1v) is 5.73. The molecule has 5 nitrogen and oxygen atoms in total. The average molecular weight is 293 g/mol. The number of nitrogen functional groups attached to an aromatic ring is 1. The molecule has 0 spiro atoms. The summed E-state index contributed by atoms with van der Waals surface area (Å²) in [5, 5.41) is 0. The minimum Gasteiger partial charge on any atom is -0.490 e. The van der Waals surface area contributed by atoms with Gasteiger partial charge in [-0.3, -0.25) is 4.74 Å². The zero-order valence-corrected chi connectivity index (χ0v) is 10.7. The van der Waals surface area contributed by atoms with Gasteiger partial charge in [0.1, 0.15) is 17.9 Å². The zero-order valence-electron chi connectivity index (χ0n) is 10.7. The number of carbonyl (C=O) groups is 1. The maximum Gasteiger partial charge on any atom is 0.522 e. The summed E-state index contributed by atoms with van der Waals surface area (Å²) in [7, 11) is 0. The van der Waals surface area contributed by atoms with Gasteiger partial charge in [-0.05, 0) is 25.1 Å². The highest BCUT2D eigenvalue weighted by Crippen LogP contribution is 2.23. The Balaban J connectivity index is 2.67. The summed E-state index contributed by atoms with van der Waals surface area (Å²) < 4.78 is 48.8. The number of ether oxygens (including phenoxy) is 3. The van der Waals surface area contributed by atoms with E-state index in [1.807, 2.05) is 0 Å². The molecule has 0 amide bonds. The SMILES string of the molecule is CCOC(=O)c1cc(N)ccc1OCCOC(F)(F)F. The van der Waals surface area contributed by atoms with E-state index in [-0.39, 0.29) is 24.5 Å². The highest BCUT2D eigenvalue weighted by Gasteiger charge is 2.28. The average Bonchev–Trinajstić information content (AvgIpc) is 2.35. The minimum atomic E-state index is -4.71. The summed E-state index contributed by atoms with van der Waals surface area (Å²) in [5.74, 6) is -0.574. The number of nitrogens with two attached hydrogens (primary N) is 1. The second kappa shape index (κ2) is 6.99. The van der Waals surface area contributed by atoms with Crippen molar-refractivity contribution in [3.05, 3.63) is 23.8 Å². The molecule has 0 aliphatic carbocycles. The first kappa shape index (κ1) is 16.1. The van der Waals surface area contributed by atoms with Crippen molar-refractivity contribution >= 4 is 11.7 Å². The van der Waals surface area contributed by atoms with Crippen molar-refractivity contribution in [3.63, 3.8) is 0 Å². The van der Waals surface area contributed by atoms with Crippen LogP contribution in [0.3, 0.4) is 0 Å². The number of anilines is 1. The van der Waals surface area contributed by atoms with Gasteiger partial charge in [-0.2, -0.15) is 0 Å². The zero-order chi connectivity index (χ0) is 15.2. The van der Waals surface area contributed by atoms with E-state index < -0.39 is 18.9 Å². The number of carbonyl (C=O) groups excluding carboxylic acids is 1. The number of benzene rings is 1. The Morgan fingerprint density at radius 2 is 2.00 bits per heavy atom. The molecule has 2 N–H and O–H groups in total. The summed E-state index contributed by atoms with van der Waals surface area (Å²) in [6.07, 6.45) is -4.71. The lowest BCUT2D eigenvalue weighted by atomic mass is 10.2. The van der Waals surface area contributed by atoms with Crippen molar-refractivity contribution in [1.82, 2.24) is 0 Å². The topological polar surface area (TPSA) is 70.8 Å². The van der Waals surface area contributed by atoms with E-state index in [2.05, 4.69) is 4.74 Å². The lowest BCUT2D eigenvalue weighted by Gasteiger charge is -2.12. The van der Waals surface area contributed by atoms with Crippen LogP contribution in [0, 0.1) is 0 Å². The van der Waals surface area contributed by atoms with Crippen LogP contribution in [-0.2, 0) is 9.47 Å². The third-order valence-corrected chi connectivity index (χ3v) is 2.11. The van der Waals surface area contributed by atoms with Crippen LogP contribution >= 0.6 is 0 Å². The number of hydrogen-bond acceptors (Lipinski definition) is 5. The van der Waals surface area contributed by atoms with Crippen LogP contribution < -0.4 is 10.5 Å². The van der Waals surface area contributed by atoms with Gasteiger partial charge < -0.3 is 15.2 Å². The molecule has 0 radical (unpaired) electrons. The normalized spacial score (nSPS) is 11.2. The van der Waals surface area contributed by atoms with Gasteiger partial charge in [0.25, 0.3) is 0 Å². The van der Waals surface area contributed by atoms with E-state index in [4.69, 9.17) is 15.2 Å². The Kier molecular flexibility index (Phi) is 5.63. The molecule has 0 fully saturated rings. The van der Waals surface area contributed by atoms with Crippen molar-refractivity contribution in [3.8, 4) is 5.75 Å². The third kappa shape index (κ3) is 5.35. The lowest BCUT2D eigenvalue weighted by molar-refractivity contribution is -0.325. The van der Waals surface area contributed by atoms with Crippen molar-refractivity contribution in [1.29, 1.82) is 0 Å². The molecule has 0 aromatic heterocycles. The Hall–Kier alpha value is -1.96. The maximum atomic E-state index is 11.8. The predicted molar refractivity (Wildman–Crippen MR) is 64.3 cm³/mol. The molecule has 0 aliphatic heterocycles. The minimum absolute atomic E-state index is 0.0545. The van der Waals surface area contributed by atoms with E-state index in [0.717, 1.165) is 0 Å². The highest BCUT2D eigenvalue weighted by molar-refractivity contribution is 5.93. The van der Waals surface area contributed by atoms with Gasteiger partial charge in [0.15, 0.2) is 0 Å². The highest BCUT2D eigenvalue weighted by atomic mass is 19.4. The molecule has 1 aromatic carbocycles. The second-order valence-corrected chi connectivity index (χ2v) is 3.62. The maximum absolute atomic E-state index is 11.8. The van der Waals surface area contributed by atoms with E-state index in [1.165, 1.54) is 18.2 Å². The van der Waals surface area contributed by atoms with Crippen LogP contribution in [0.25, 0.3) is 0 Å². The summed E-state index contributed by atoms with van der Waals surface area (Å²) in [6, 6.07) is 4.18. The molecule has 0 heterocycles. The monoisotopic (exact) mass is 293 g/mol. The predicted octanol–water partition coefficient (Wildman–Crippen LogP) is 2.36. The van der Waals surface area contributed by atoms with Gasteiger partial charge in [-0.25, -0.2) is 4.79 Å². The van der Waals surface area contributed by atoms with Crippen molar-refractivity contribution in [2.75, 3.05) is 25.6 Å². The molecule has 1 rings (SSSR count). The molecular weight excluding hydrogens is 279 g/mol. The summed E-state index contributed by atoms with van der Waals surface area (Å²) in [5.41, 5.74) is 5.90. The van der Waals surface area contributed by atoms with Crippen molar-refractivity contribution in [2.45, 2.75) is 13.3 Å². The molecule has 0 aliphatic rings. The summed E-state index contributed by atoms with van der Waals surface area (Å²) >= 11 is 0. The van der Waals surface area contributed by atoms with Gasteiger partial charge in [0.2, 0.25) is 0 Å². The lowest BCUT2D eigenvalue weighted by Crippen LogP contribution is -2.19. The van der Waals surface area contributed by atoms with Crippen LogP contribution in [0.1, 0.15) is 17.3 Å². The van der Waals surface area contributed by atoms with Gasteiger partial charge in [0.05, 0.1) is 13.2 Å². The number of esters is 1. The third-order valence-electron chi connectivity index (χ3n) is 2.11. The fourth-order valence-corrected chi connectivity index (χ4v) is 1.35. The first-order chi connectivity index (χ1) is 9.33. The van der Waals surface area contributed by atoms with Gasteiger partial charge in [0, 0.05) is 5.69 Å². The largest absolute Gasteiger partial charge is 0.522 e. The second-order valence-electron chi connectivity index (χ2n) is 3.62. The van der Waals surface area contributed by atoms with Crippen LogP contribution in [-0.4, -0.2) is 32.2 Å². The van der Waals surface area contributed by atoms with Gasteiger partial charge >= 0.3 is 12.3 Å². The quantitative estimate of drug-likeness (QED) is 0.495. The molecule has 8 heteroatoms. The van der Waals surface area contributed by atoms with Crippen molar-refractivity contribution < 1.29 is 32.2 Å². The van der Waals surface area contributed by atoms with Crippen LogP contribution in [0.5, 0.6) is 5.75 Å². The van der Waals surface area contributed by atoms with Crippen LogP contribution in [0.4, 0.5) is 18.9 Å². The first-order valence-electron chi connectivity index (χ1n) is 5.73. The Bertz CT molecular complexity index is 463. The Labute approximate surface area is 113 Å². The van der Waals surface area contributed by atoms with Crippen LogP contribution in [0.2, 0.25) is 0 Å². The van der Waals surface area contributed by atoms with E-state index in [0.29, 0.717) is 5.69 Å². The smallest absolute Gasteiger partial charge is 0.490 e. The summed E-state index contributed by atoms with van der Waals surface area (Å²) in [4.78, 5) is 11.6. The number of alkyl halides is 3. The number of halogens is 3. The molecule has 0 saturated carbocycles. The van der Waals surface area contributed by atoms with E-state index in [9.17, 15) is 18.0 Å². The summed E-state index contributed by atoms with van der Waals surface area (Å²) in [6.45, 7) is 0.734. The fraction of sp³-hybridized carbons (Fsp3) is 0.417. The Morgan fingerprint density at radius 3 is 2.60 bits per heavy atom. The Morgan fingerprint density at radius 1 is 1.30 bits per heavy atom. The molecule has 20 heavy (non-hydrogen) atoms. The van der Waals surface area contributed by atoms with Gasteiger partial charge in [-0.1, -0.05) is 0 Å². The molecule has 0 atom stereocenters. The van der Waals surface area contributed by atoms with Crippen LogP contribution in [0.15, 0.2) is 18.2 Å². The van der Waals surface area contributed by atoms with E-state index >= 15 is 0 Å². The molecule has 1 aromatic rings. The molecule has 0 unspecified atom stereocenters. The number of hydrogen-bond donors (Lipinski definition) is 1. The molecular formula is C12H14F3NO4. The molecule has 0 saturated heterocycles.